The van der Waals surface area contributed by atoms with E-state index in [0.29, 0.717) is 44.2 Å². The third kappa shape index (κ3) is 14.1. The van der Waals surface area contributed by atoms with Gasteiger partial charge in [-0.3, -0.25) is 34.4 Å². The summed E-state index contributed by atoms with van der Waals surface area (Å²) in [7, 11) is -4.81. The van der Waals surface area contributed by atoms with Crippen LogP contribution in [0.3, 0.4) is 0 Å². The minimum Gasteiger partial charge on any atom is -0.445 e. The Bertz CT molecular complexity index is 1990. The highest BCUT2D eigenvalue weighted by Gasteiger charge is 2.45. The molecule has 0 saturated carbocycles. The number of benzene rings is 3. The van der Waals surface area contributed by atoms with Crippen LogP contribution in [0.2, 0.25) is 0 Å². The number of guanidine groups is 1. The molecule has 10 N–H and O–H groups in total. The van der Waals surface area contributed by atoms with Crippen molar-refractivity contribution in [3.63, 3.8) is 0 Å². The van der Waals surface area contributed by atoms with E-state index in [0.717, 1.165) is 17.5 Å². The average Bonchev–Trinajstić information content (AvgIpc) is 3.64. The molecule has 5 atom stereocenters. The molecule has 19 heteroatoms. The van der Waals surface area contributed by atoms with Gasteiger partial charge in [0.15, 0.2) is 5.96 Å². The Labute approximate surface area is 348 Å². The zero-order valence-electron chi connectivity index (χ0n) is 33.1. The molecule has 0 spiro atoms. The molecule has 18 nitrogen and oxygen atoms in total. The summed E-state index contributed by atoms with van der Waals surface area (Å²) in [5.41, 5.74) is 7.51. The molecular formula is C41H53N8O10P. The highest BCUT2D eigenvalue weighted by Crippen LogP contribution is 2.37. The molecule has 5 amide bonds. The number of hydrogen-bond donors (Lipinski definition) is 9. The van der Waals surface area contributed by atoms with Crippen molar-refractivity contribution in [2.24, 2.45) is 5.73 Å². The Kier molecular flexibility index (Phi) is 16.4. The Morgan fingerprint density at radius 3 is 2.15 bits per heavy atom. The lowest BCUT2D eigenvalue weighted by molar-refractivity contribution is -0.145. The van der Waals surface area contributed by atoms with Crippen LogP contribution in [0.15, 0.2) is 84.9 Å². The van der Waals surface area contributed by atoms with Crippen molar-refractivity contribution in [2.45, 2.75) is 101 Å². The fraction of sp³-hybridized carbons (Fsp3) is 0.415. The van der Waals surface area contributed by atoms with Gasteiger partial charge in [-0.15, -0.1) is 0 Å². The van der Waals surface area contributed by atoms with Crippen molar-refractivity contribution in [3.05, 3.63) is 102 Å². The van der Waals surface area contributed by atoms with E-state index in [9.17, 15) is 38.3 Å². The number of nitrogens with two attached hydrogens (primary N) is 1. The minimum atomic E-state index is -4.81. The van der Waals surface area contributed by atoms with Crippen LogP contribution in [0, 0.1) is 5.41 Å². The lowest BCUT2D eigenvalue weighted by atomic mass is 9.98. The van der Waals surface area contributed by atoms with Crippen molar-refractivity contribution >= 4 is 43.5 Å². The number of phosphoric ester groups is 1. The van der Waals surface area contributed by atoms with Crippen LogP contribution < -0.4 is 36.8 Å². The van der Waals surface area contributed by atoms with Gasteiger partial charge in [0.1, 0.15) is 36.5 Å². The van der Waals surface area contributed by atoms with E-state index in [2.05, 4.69) is 31.1 Å². The fourth-order valence-electron chi connectivity index (χ4n) is 7.35. The third-order valence-corrected chi connectivity index (χ3v) is 10.7. The fourth-order valence-corrected chi connectivity index (χ4v) is 7.74. The smallest absolute Gasteiger partial charge is 0.445 e. The summed E-state index contributed by atoms with van der Waals surface area (Å²) in [6, 6.07) is 19.4. The number of carbonyl (C=O) groups is 5. The third-order valence-electron chi connectivity index (χ3n) is 10.3. The van der Waals surface area contributed by atoms with Crippen LogP contribution in [0.1, 0.15) is 68.1 Å². The molecule has 0 radical (unpaired) electrons. The molecule has 2 fully saturated rings. The summed E-state index contributed by atoms with van der Waals surface area (Å²) in [5.74, 6) is -2.36. The van der Waals surface area contributed by atoms with Gasteiger partial charge in [0.2, 0.25) is 23.6 Å². The first-order valence-corrected chi connectivity index (χ1v) is 21.4. The van der Waals surface area contributed by atoms with E-state index in [1.54, 1.807) is 24.3 Å². The van der Waals surface area contributed by atoms with Gasteiger partial charge < -0.3 is 46.5 Å². The molecule has 1 unspecified atom stereocenters. The van der Waals surface area contributed by atoms with Crippen molar-refractivity contribution in [3.8, 4) is 5.75 Å². The van der Waals surface area contributed by atoms with E-state index in [1.807, 2.05) is 36.4 Å². The lowest BCUT2D eigenvalue weighted by Crippen LogP contribution is -2.60. The first-order chi connectivity index (χ1) is 28.8. The summed E-state index contributed by atoms with van der Waals surface area (Å²) < 4.78 is 21.3. The number of carbonyl (C=O) groups excluding carboxylic acids is 5. The van der Waals surface area contributed by atoms with E-state index in [-0.39, 0.29) is 50.2 Å². The summed E-state index contributed by atoms with van der Waals surface area (Å²) >= 11 is 0. The summed E-state index contributed by atoms with van der Waals surface area (Å²) in [5, 5.41) is 21.3. The topological polar surface area (TPSA) is 275 Å². The number of phosphoric acid groups is 1. The molecule has 2 aliphatic rings. The molecule has 0 bridgehead atoms. The summed E-state index contributed by atoms with van der Waals surface area (Å²) in [4.78, 5) is 88.9. The zero-order valence-corrected chi connectivity index (χ0v) is 34.0. The van der Waals surface area contributed by atoms with Gasteiger partial charge >= 0.3 is 13.9 Å². The minimum absolute atomic E-state index is 0.0683. The quantitative estimate of drug-likeness (QED) is 0.0387. The van der Waals surface area contributed by atoms with Gasteiger partial charge in [-0.05, 0) is 67.3 Å². The number of nitrogens with one attached hydrogen (secondary N) is 6. The maximum absolute atomic E-state index is 14.4. The van der Waals surface area contributed by atoms with Gasteiger partial charge in [-0.2, -0.15) is 0 Å². The summed E-state index contributed by atoms with van der Waals surface area (Å²) in [6.07, 6.45) is 2.86. The largest absolute Gasteiger partial charge is 0.524 e. The normalized spacial score (nSPS) is 18.7. The molecule has 0 aliphatic carbocycles. The number of amides is 5. The average molecular weight is 849 g/mol. The molecule has 5 rings (SSSR count). The van der Waals surface area contributed by atoms with E-state index >= 15 is 0 Å². The van der Waals surface area contributed by atoms with Crippen LogP contribution >= 0.6 is 7.82 Å². The number of rotatable bonds is 18. The van der Waals surface area contributed by atoms with Crippen LogP contribution in [-0.4, -0.2) is 87.1 Å². The van der Waals surface area contributed by atoms with Crippen LogP contribution in [0.5, 0.6) is 5.75 Å². The van der Waals surface area contributed by atoms with Crippen molar-refractivity contribution in [2.75, 3.05) is 6.54 Å². The first kappa shape index (κ1) is 45.1. The van der Waals surface area contributed by atoms with E-state index < -0.39 is 61.7 Å². The molecule has 0 aromatic heterocycles. The van der Waals surface area contributed by atoms with Crippen LogP contribution in [0.4, 0.5) is 4.79 Å². The zero-order chi connectivity index (χ0) is 43.1. The molecule has 3 aromatic carbocycles. The Morgan fingerprint density at radius 2 is 1.48 bits per heavy atom. The number of hydrogen-bond acceptors (Lipinski definition) is 9. The standard InChI is InChI=1S/C41H53N8O10P/c42-40(43)44-23-9-16-32(36(50)45-25-28-10-3-1-4-11-28)46-38(52)35-22-19-30-14-7-8-15-33(39(53)49(30)35)47-37(51)34(48-41(54)58-26-29-12-5-2-6-13-29)24-27-17-20-31(21-18-27)59-60(55,56)57/h1-6,10-13,17-18,20-21,30,32-35H,7-9,14-16,19,22-26H2,(H,45,50)(H,46,52)(H,47,51)(H,48,54)(H4,42,43,44)(H2,55,56,57)/t30?,32-,33-,34-,35-/m0/s1. The second kappa shape index (κ2) is 21.9. The molecule has 3 aromatic rings. The highest BCUT2D eigenvalue weighted by molar-refractivity contribution is 7.46. The van der Waals surface area contributed by atoms with Gasteiger partial charge in [-0.25, -0.2) is 9.36 Å². The molecule has 2 aliphatic heterocycles. The van der Waals surface area contributed by atoms with Crippen LogP contribution in [-0.2, 0) is 48.1 Å². The SMILES string of the molecule is N=C(N)NCCC[C@H](NC(=O)[C@@H]1CCC2CCCC[C@H](NC(=O)[C@H](Cc3ccc(OP(=O)(O)O)cc3)NC(=O)OCc3ccccc3)C(=O)N21)C(=O)NCc1ccccc1. The van der Waals surface area contributed by atoms with Crippen LogP contribution in [0.25, 0.3) is 0 Å². The summed E-state index contributed by atoms with van der Waals surface area (Å²) in [6.45, 7) is 0.482. The molecular weight excluding hydrogens is 795 g/mol. The molecule has 322 valence electrons. The Balaban J connectivity index is 1.29. The second-order valence-electron chi connectivity index (χ2n) is 14.8. The Morgan fingerprint density at radius 1 is 0.817 bits per heavy atom. The second-order valence-corrected chi connectivity index (χ2v) is 15.9. The maximum atomic E-state index is 14.4. The van der Waals surface area contributed by atoms with Gasteiger partial charge in [0.05, 0.1) is 0 Å². The molecule has 2 saturated heterocycles. The van der Waals surface area contributed by atoms with Gasteiger partial charge in [0.25, 0.3) is 0 Å². The van der Waals surface area contributed by atoms with Gasteiger partial charge in [-0.1, -0.05) is 85.6 Å². The lowest BCUT2D eigenvalue weighted by Gasteiger charge is -2.36. The number of fused-ring (bicyclic) bond motifs is 1. The molecule has 60 heavy (non-hydrogen) atoms. The Hall–Kier alpha value is -5.97. The molecule has 2 heterocycles. The first-order valence-electron chi connectivity index (χ1n) is 19.9. The predicted molar refractivity (Wildman–Crippen MR) is 220 cm³/mol. The monoisotopic (exact) mass is 848 g/mol. The van der Waals surface area contributed by atoms with E-state index in [4.69, 9.17) is 15.9 Å². The van der Waals surface area contributed by atoms with Crippen molar-refractivity contribution in [1.82, 2.24) is 31.5 Å². The maximum Gasteiger partial charge on any atom is 0.524 e. The highest BCUT2D eigenvalue weighted by atomic mass is 31.2. The van der Waals surface area contributed by atoms with Crippen molar-refractivity contribution < 1.29 is 47.6 Å². The number of nitrogens with zero attached hydrogens (tertiary/aromatic N) is 1. The predicted octanol–water partition coefficient (Wildman–Crippen LogP) is 2.48. The van der Waals surface area contributed by atoms with Gasteiger partial charge in [0, 0.05) is 25.6 Å². The number of ether oxygens (including phenoxy) is 1. The van der Waals surface area contributed by atoms with Crippen molar-refractivity contribution in [1.29, 1.82) is 5.41 Å². The van der Waals surface area contributed by atoms with E-state index in [1.165, 1.54) is 29.2 Å². The number of alkyl carbamates (subject to hydrolysis) is 1.